The van der Waals surface area contributed by atoms with Gasteiger partial charge in [0.05, 0.1) is 12.3 Å². The molecule has 0 spiro atoms. The van der Waals surface area contributed by atoms with Gasteiger partial charge in [0.2, 0.25) is 11.9 Å². The van der Waals surface area contributed by atoms with E-state index in [-0.39, 0.29) is 24.5 Å². The number of amides is 3. The molecule has 10 heteroatoms. The van der Waals surface area contributed by atoms with E-state index in [9.17, 15) is 14.4 Å². The number of benzene rings is 2. The Morgan fingerprint density at radius 2 is 1.61 bits per heavy atom. The standard InChI is InChI=1S/C39H57N5O5/c1-3-5-7-14-24-43(25-15-8-6-4-2)36(45)21-16-26-48-34-22-23-35-32(27-34)29-44(30-37(46)49-33-19-12-13-20-33)38(41-35)42-39(47)40-28-31-17-10-9-11-18-31/h9-11,17-18,22-23,27,33H,3-8,12-16,19-21,24-26,28-30H2,1-2H3,(H2,40,41,42,47). The predicted octanol–water partition coefficient (Wildman–Crippen LogP) is 7.62. The minimum atomic E-state index is -0.407. The Bertz CT molecular complexity index is 1330. The van der Waals surface area contributed by atoms with Gasteiger partial charge < -0.3 is 24.6 Å². The second kappa shape index (κ2) is 21.1. The van der Waals surface area contributed by atoms with E-state index >= 15 is 0 Å². The lowest BCUT2D eigenvalue weighted by molar-refractivity contribution is -0.149. The van der Waals surface area contributed by atoms with Crippen molar-refractivity contribution in [1.29, 1.82) is 0 Å². The highest BCUT2D eigenvalue weighted by Crippen LogP contribution is 2.30. The van der Waals surface area contributed by atoms with Gasteiger partial charge in [-0.25, -0.2) is 9.79 Å². The van der Waals surface area contributed by atoms with E-state index in [0.29, 0.717) is 49.9 Å². The van der Waals surface area contributed by atoms with Crippen LogP contribution in [0.3, 0.4) is 0 Å². The predicted molar refractivity (Wildman–Crippen MR) is 194 cm³/mol. The van der Waals surface area contributed by atoms with E-state index in [2.05, 4.69) is 29.4 Å². The Hall–Kier alpha value is -4.08. The number of fused-ring (bicyclic) bond motifs is 1. The zero-order valence-electron chi connectivity index (χ0n) is 29.7. The molecule has 0 unspecified atom stereocenters. The summed E-state index contributed by atoms with van der Waals surface area (Å²) < 4.78 is 11.8. The first kappa shape index (κ1) is 37.7. The molecule has 2 aliphatic rings. The number of aliphatic imine (C=N–C) groups is 1. The Kier molecular flexibility index (Phi) is 16.3. The molecule has 0 atom stereocenters. The number of carbonyl (C=O) groups is 3. The molecule has 1 aliphatic carbocycles. The second-order valence-electron chi connectivity index (χ2n) is 13.2. The number of hydrogen-bond acceptors (Lipinski definition) is 7. The third-order valence-corrected chi connectivity index (χ3v) is 9.10. The molecule has 4 rings (SSSR count). The fourth-order valence-electron chi connectivity index (χ4n) is 6.29. The topological polar surface area (TPSA) is 113 Å². The molecular formula is C39H57N5O5. The summed E-state index contributed by atoms with van der Waals surface area (Å²) in [5.41, 5.74) is 2.55. The zero-order valence-corrected chi connectivity index (χ0v) is 29.7. The minimum absolute atomic E-state index is 0.0334. The number of nitrogens with one attached hydrogen (secondary N) is 2. The van der Waals surface area contributed by atoms with E-state index in [1.54, 1.807) is 4.90 Å². The van der Waals surface area contributed by atoms with Crippen molar-refractivity contribution in [3.05, 3.63) is 59.7 Å². The van der Waals surface area contributed by atoms with Gasteiger partial charge in [-0.05, 0) is 68.7 Å². The number of unbranched alkanes of at least 4 members (excludes halogenated alkanes) is 6. The molecule has 0 aromatic heterocycles. The summed E-state index contributed by atoms with van der Waals surface area (Å²) >= 11 is 0. The van der Waals surface area contributed by atoms with E-state index in [4.69, 9.17) is 14.5 Å². The van der Waals surface area contributed by atoms with Crippen LogP contribution in [0.5, 0.6) is 5.75 Å². The molecule has 0 radical (unpaired) electrons. The summed E-state index contributed by atoms with van der Waals surface area (Å²) in [6, 6.07) is 14.9. The number of carbonyl (C=O) groups excluding carboxylic acids is 3. The lowest BCUT2D eigenvalue weighted by Gasteiger charge is -2.30. The van der Waals surface area contributed by atoms with Crippen LogP contribution in [0, 0.1) is 0 Å². The quantitative estimate of drug-likeness (QED) is 0.110. The van der Waals surface area contributed by atoms with Crippen molar-refractivity contribution in [3.63, 3.8) is 0 Å². The summed E-state index contributed by atoms with van der Waals surface area (Å²) in [7, 11) is 0. The molecule has 3 amide bonds. The first-order valence-corrected chi connectivity index (χ1v) is 18.6. The number of rotatable bonds is 20. The molecule has 1 aliphatic heterocycles. The van der Waals surface area contributed by atoms with E-state index in [1.165, 1.54) is 38.5 Å². The monoisotopic (exact) mass is 675 g/mol. The summed E-state index contributed by atoms with van der Waals surface area (Å²) in [6.45, 7) is 7.21. The van der Waals surface area contributed by atoms with Gasteiger partial charge >= 0.3 is 12.0 Å². The van der Waals surface area contributed by atoms with Crippen LogP contribution in [0.2, 0.25) is 0 Å². The maximum absolute atomic E-state index is 13.1. The molecule has 49 heavy (non-hydrogen) atoms. The van der Waals surface area contributed by atoms with E-state index in [1.807, 2.05) is 48.5 Å². The van der Waals surface area contributed by atoms with E-state index < -0.39 is 6.03 Å². The highest BCUT2D eigenvalue weighted by Gasteiger charge is 2.27. The average molecular weight is 676 g/mol. The van der Waals surface area contributed by atoms with Gasteiger partial charge in [0.25, 0.3) is 0 Å². The Balaban J connectivity index is 1.33. The number of hydrogen-bond donors (Lipinski definition) is 2. The molecule has 1 saturated carbocycles. The molecule has 1 fully saturated rings. The number of esters is 1. The maximum atomic E-state index is 13.1. The van der Waals surface area contributed by atoms with E-state index in [0.717, 1.165) is 62.7 Å². The highest BCUT2D eigenvalue weighted by atomic mass is 16.5. The normalized spacial score (nSPS) is 14.2. The molecule has 2 N–H and O–H groups in total. The molecule has 1 heterocycles. The Morgan fingerprint density at radius 1 is 0.898 bits per heavy atom. The van der Waals surface area contributed by atoms with Crippen LogP contribution >= 0.6 is 0 Å². The summed E-state index contributed by atoms with van der Waals surface area (Å²) in [6.07, 6.45) is 14.2. The smallest absolute Gasteiger partial charge is 0.325 e. The molecular weight excluding hydrogens is 618 g/mol. The summed E-state index contributed by atoms with van der Waals surface area (Å²) in [5, 5.41) is 5.71. The number of ether oxygens (including phenoxy) is 2. The van der Waals surface area contributed by atoms with Crippen LogP contribution in [0.4, 0.5) is 10.5 Å². The Morgan fingerprint density at radius 3 is 2.31 bits per heavy atom. The van der Waals surface area contributed by atoms with Gasteiger partial charge in [0, 0.05) is 38.2 Å². The van der Waals surface area contributed by atoms with Gasteiger partial charge in [-0.2, -0.15) is 0 Å². The van der Waals surface area contributed by atoms with Crippen LogP contribution in [0.25, 0.3) is 0 Å². The van der Waals surface area contributed by atoms with Crippen LogP contribution in [0.15, 0.2) is 53.5 Å². The van der Waals surface area contributed by atoms with Crippen LogP contribution in [0.1, 0.15) is 115 Å². The van der Waals surface area contributed by atoms with Crippen molar-refractivity contribution in [2.45, 2.75) is 123 Å². The first-order chi connectivity index (χ1) is 23.9. The van der Waals surface area contributed by atoms with Gasteiger partial charge in [-0.15, -0.1) is 0 Å². The van der Waals surface area contributed by atoms with Crippen molar-refractivity contribution in [3.8, 4) is 5.75 Å². The van der Waals surface area contributed by atoms with Gasteiger partial charge in [0.15, 0.2) is 0 Å². The average Bonchev–Trinajstić information content (AvgIpc) is 3.62. The Labute approximate surface area is 293 Å². The molecule has 0 saturated heterocycles. The lowest BCUT2D eigenvalue weighted by atomic mass is 10.1. The zero-order chi connectivity index (χ0) is 34.7. The third-order valence-electron chi connectivity index (χ3n) is 9.10. The fourth-order valence-corrected chi connectivity index (χ4v) is 6.29. The molecule has 0 bridgehead atoms. The number of nitrogens with zero attached hydrogens (tertiary/aromatic N) is 3. The number of urea groups is 1. The first-order valence-electron chi connectivity index (χ1n) is 18.6. The number of guanidine groups is 1. The van der Waals surface area contributed by atoms with Crippen molar-refractivity contribution < 1.29 is 23.9 Å². The molecule has 268 valence electrons. The van der Waals surface area contributed by atoms with Crippen LogP contribution in [-0.4, -0.2) is 66.0 Å². The summed E-state index contributed by atoms with van der Waals surface area (Å²) in [5.74, 6) is 0.853. The van der Waals surface area contributed by atoms with Crippen molar-refractivity contribution in [2.24, 2.45) is 4.99 Å². The summed E-state index contributed by atoms with van der Waals surface area (Å²) in [4.78, 5) is 47.4. The minimum Gasteiger partial charge on any atom is -0.494 e. The maximum Gasteiger partial charge on any atom is 0.325 e. The van der Waals surface area contributed by atoms with Crippen LogP contribution < -0.4 is 15.4 Å². The molecule has 2 aromatic rings. The van der Waals surface area contributed by atoms with Gasteiger partial charge in [-0.1, -0.05) is 82.7 Å². The van der Waals surface area contributed by atoms with Crippen molar-refractivity contribution >= 4 is 29.6 Å². The van der Waals surface area contributed by atoms with Gasteiger partial charge in [-0.3, -0.25) is 14.9 Å². The fraction of sp³-hybridized carbons (Fsp3) is 0.590. The largest absolute Gasteiger partial charge is 0.494 e. The SMILES string of the molecule is CCCCCCN(CCCCCC)C(=O)CCCOc1ccc2c(c1)CN(CC(=O)OC1CCCC1)C(NC(=O)NCc1ccccc1)=N2. The third kappa shape index (κ3) is 13.4. The highest BCUT2D eigenvalue weighted by molar-refractivity contribution is 5.99. The van der Waals surface area contributed by atoms with Crippen molar-refractivity contribution in [2.75, 3.05) is 26.2 Å². The lowest BCUT2D eigenvalue weighted by Crippen LogP contribution is -2.50. The molecule has 2 aromatic carbocycles. The molecule has 10 nitrogen and oxygen atoms in total. The second-order valence-corrected chi connectivity index (χ2v) is 13.2. The van der Waals surface area contributed by atoms with Crippen LogP contribution in [-0.2, 0) is 27.4 Å². The van der Waals surface area contributed by atoms with Crippen molar-refractivity contribution in [1.82, 2.24) is 20.4 Å². The van der Waals surface area contributed by atoms with Gasteiger partial charge in [0.1, 0.15) is 18.4 Å².